The summed E-state index contributed by atoms with van der Waals surface area (Å²) in [5.41, 5.74) is 3.55. The normalized spacial score (nSPS) is 13.7. The number of halogens is 4. The van der Waals surface area contributed by atoms with Crippen LogP contribution in [0, 0.1) is 11.6 Å². The third-order valence-corrected chi connectivity index (χ3v) is 6.81. The molecule has 154 valence electrons. The van der Waals surface area contributed by atoms with Crippen LogP contribution in [-0.2, 0) is 5.41 Å². The van der Waals surface area contributed by atoms with Gasteiger partial charge in [0.25, 0.3) is 0 Å². The minimum atomic E-state index is -1.07. The topological polar surface area (TPSA) is 40.5 Å². The molecule has 0 spiro atoms. The summed E-state index contributed by atoms with van der Waals surface area (Å²) in [5, 5.41) is 19.6. The van der Waals surface area contributed by atoms with E-state index in [0.29, 0.717) is 11.1 Å². The molecule has 0 saturated carbocycles. The first-order valence-electron chi connectivity index (χ1n) is 9.41. The van der Waals surface area contributed by atoms with Crippen molar-refractivity contribution in [3.63, 3.8) is 0 Å². The summed E-state index contributed by atoms with van der Waals surface area (Å²) in [6, 6.07) is 20.1. The van der Waals surface area contributed by atoms with Gasteiger partial charge in [0.15, 0.2) is 23.1 Å². The van der Waals surface area contributed by atoms with E-state index in [4.69, 9.17) is 0 Å². The average Bonchev–Trinajstić information content (AvgIpc) is 3.01. The number of fused-ring (bicyclic) bond motifs is 3. The maximum Gasteiger partial charge on any atom is 0.165 e. The summed E-state index contributed by atoms with van der Waals surface area (Å²) in [7, 11) is 0. The molecule has 0 heterocycles. The van der Waals surface area contributed by atoms with Gasteiger partial charge in [-0.15, -0.1) is 0 Å². The van der Waals surface area contributed by atoms with Crippen LogP contribution in [-0.4, -0.2) is 10.2 Å². The van der Waals surface area contributed by atoms with E-state index in [1.165, 1.54) is 24.3 Å². The molecular formula is C25H14Br2F2O2. The van der Waals surface area contributed by atoms with Crippen LogP contribution in [0.25, 0.3) is 11.1 Å². The Morgan fingerprint density at radius 3 is 1.39 bits per heavy atom. The molecule has 31 heavy (non-hydrogen) atoms. The molecule has 0 atom stereocenters. The third-order valence-electron chi connectivity index (χ3n) is 5.82. The van der Waals surface area contributed by atoms with Gasteiger partial charge in [0.2, 0.25) is 0 Å². The predicted octanol–water partition coefficient (Wildman–Crippen LogP) is 7.26. The Balaban J connectivity index is 2.00. The molecule has 2 N–H and O–H groups in total. The molecule has 6 heteroatoms. The Kier molecular flexibility index (Phi) is 4.68. The molecule has 4 aromatic rings. The minimum Gasteiger partial charge on any atom is -0.505 e. The summed E-state index contributed by atoms with van der Waals surface area (Å²) < 4.78 is 30.8. The zero-order valence-corrected chi connectivity index (χ0v) is 19.0. The smallest absolute Gasteiger partial charge is 0.165 e. The van der Waals surface area contributed by atoms with E-state index in [2.05, 4.69) is 31.9 Å². The Hall–Kier alpha value is -2.70. The maximum absolute atomic E-state index is 14.6. The van der Waals surface area contributed by atoms with E-state index in [1.807, 2.05) is 36.4 Å². The lowest BCUT2D eigenvalue weighted by Crippen LogP contribution is -2.29. The van der Waals surface area contributed by atoms with Crippen LogP contribution in [0.3, 0.4) is 0 Å². The van der Waals surface area contributed by atoms with Gasteiger partial charge in [-0.25, -0.2) is 8.78 Å². The largest absolute Gasteiger partial charge is 0.505 e. The summed E-state index contributed by atoms with van der Waals surface area (Å²) in [6.07, 6.45) is 0. The SMILES string of the molecule is Oc1ccc(C2(c3ccc(O)c(F)c3)c3cc(Br)ccc3-c3ccc(Br)cc32)cc1F. The third kappa shape index (κ3) is 2.92. The van der Waals surface area contributed by atoms with Crippen LogP contribution in [0.5, 0.6) is 11.5 Å². The first-order chi connectivity index (χ1) is 14.8. The first-order valence-corrected chi connectivity index (χ1v) is 11.0. The second-order valence-electron chi connectivity index (χ2n) is 7.46. The predicted molar refractivity (Wildman–Crippen MR) is 122 cm³/mol. The van der Waals surface area contributed by atoms with Crippen LogP contribution in [0.15, 0.2) is 81.7 Å². The molecular weight excluding hydrogens is 530 g/mol. The van der Waals surface area contributed by atoms with E-state index in [9.17, 15) is 19.0 Å². The van der Waals surface area contributed by atoms with Crippen LogP contribution in [0.2, 0.25) is 0 Å². The van der Waals surface area contributed by atoms with Crippen LogP contribution in [0.1, 0.15) is 22.3 Å². The lowest BCUT2D eigenvalue weighted by Gasteiger charge is -2.34. The average molecular weight is 544 g/mol. The number of phenolic OH excluding ortho intramolecular Hbond substituents is 2. The van der Waals surface area contributed by atoms with Gasteiger partial charge in [0.05, 0.1) is 5.41 Å². The van der Waals surface area contributed by atoms with Crippen LogP contribution < -0.4 is 0 Å². The van der Waals surface area contributed by atoms with E-state index >= 15 is 0 Å². The Bertz CT molecular complexity index is 1260. The Morgan fingerprint density at radius 1 is 0.581 bits per heavy atom. The molecule has 0 amide bonds. The standard InChI is InChI=1S/C25H14Br2F2O2/c26-15-3-5-17-18-6-4-16(27)12-20(18)25(19(17)11-15,13-1-7-23(30)21(28)9-13)14-2-8-24(31)22(29)10-14/h1-12,30-31H. The number of benzene rings is 4. The molecule has 0 bridgehead atoms. The molecule has 0 aromatic heterocycles. The number of rotatable bonds is 2. The number of hydrogen-bond donors (Lipinski definition) is 2. The number of aromatic hydroxyl groups is 2. The van der Waals surface area contributed by atoms with Gasteiger partial charge >= 0.3 is 0 Å². The van der Waals surface area contributed by atoms with Gasteiger partial charge in [-0.2, -0.15) is 0 Å². The van der Waals surface area contributed by atoms with Gasteiger partial charge in [-0.1, -0.05) is 56.1 Å². The summed E-state index contributed by atoms with van der Waals surface area (Å²) >= 11 is 7.07. The van der Waals surface area contributed by atoms with Crippen molar-refractivity contribution in [3.05, 3.63) is 116 Å². The lowest BCUT2D eigenvalue weighted by atomic mass is 9.67. The fraction of sp³-hybridized carbons (Fsp3) is 0.0400. The summed E-state index contributed by atoms with van der Waals surface area (Å²) in [4.78, 5) is 0. The number of phenols is 2. The zero-order valence-electron chi connectivity index (χ0n) is 15.8. The van der Waals surface area contributed by atoms with Crippen molar-refractivity contribution in [3.8, 4) is 22.6 Å². The lowest BCUT2D eigenvalue weighted by molar-refractivity contribution is 0.430. The van der Waals surface area contributed by atoms with Gasteiger partial charge in [0, 0.05) is 8.95 Å². The maximum atomic E-state index is 14.6. The first kappa shape index (κ1) is 20.2. The molecule has 0 aliphatic heterocycles. The monoisotopic (exact) mass is 542 g/mol. The Labute approximate surface area is 194 Å². The highest BCUT2D eigenvalue weighted by Gasteiger charge is 2.47. The van der Waals surface area contributed by atoms with E-state index in [-0.39, 0.29) is 0 Å². The summed E-state index contributed by atoms with van der Waals surface area (Å²) in [6.45, 7) is 0. The second-order valence-corrected chi connectivity index (χ2v) is 9.29. The molecule has 0 unspecified atom stereocenters. The highest BCUT2D eigenvalue weighted by atomic mass is 79.9. The highest BCUT2D eigenvalue weighted by molar-refractivity contribution is 9.10. The van der Waals surface area contributed by atoms with Crippen molar-refractivity contribution < 1.29 is 19.0 Å². The van der Waals surface area contributed by atoms with E-state index < -0.39 is 28.5 Å². The van der Waals surface area contributed by atoms with Crippen molar-refractivity contribution in [2.45, 2.75) is 5.41 Å². The molecule has 4 aromatic carbocycles. The molecule has 5 rings (SSSR count). The number of hydrogen-bond acceptors (Lipinski definition) is 2. The van der Waals surface area contributed by atoms with E-state index in [0.717, 1.165) is 31.2 Å². The van der Waals surface area contributed by atoms with E-state index in [1.54, 1.807) is 12.1 Å². The van der Waals surface area contributed by atoms with Crippen molar-refractivity contribution in [2.75, 3.05) is 0 Å². The Morgan fingerprint density at radius 2 is 1.00 bits per heavy atom. The van der Waals surface area contributed by atoms with Gasteiger partial charge in [0.1, 0.15) is 0 Å². The molecule has 0 saturated heterocycles. The highest BCUT2D eigenvalue weighted by Crippen LogP contribution is 2.57. The summed E-state index contributed by atoms with van der Waals surface area (Å²) in [5.74, 6) is -2.46. The molecule has 1 aliphatic rings. The molecule has 0 fully saturated rings. The minimum absolute atomic E-state index is 0.460. The van der Waals surface area contributed by atoms with Crippen LogP contribution in [0.4, 0.5) is 8.78 Å². The second kappa shape index (κ2) is 7.18. The van der Waals surface area contributed by atoms with Crippen molar-refractivity contribution in [1.29, 1.82) is 0 Å². The van der Waals surface area contributed by atoms with Gasteiger partial charge < -0.3 is 10.2 Å². The van der Waals surface area contributed by atoms with Gasteiger partial charge in [-0.05, 0) is 81.9 Å². The van der Waals surface area contributed by atoms with Gasteiger partial charge in [-0.3, -0.25) is 0 Å². The molecule has 2 nitrogen and oxygen atoms in total. The quantitative estimate of drug-likeness (QED) is 0.246. The molecule has 1 aliphatic carbocycles. The van der Waals surface area contributed by atoms with Crippen molar-refractivity contribution >= 4 is 31.9 Å². The van der Waals surface area contributed by atoms with Crippen molar-refractivity contribution in [2.24, 2.45) is 0 Å². The van der Waals surface area contributed by atoms with Crippen LogP contribution >= 0.6 is 31.9 Å². The fourth-order valence-corrected chi connectivity index (χ4v) is 5.26. The fourth-order valence-electron chi connectivity index (χ4n) is 4.54. The van der Waals surface area contributed by atoms with Crippen molar-refractivity contribution in [1.82, 2.24) is 0 Å². The molecule has 0 radical (unpaired) electrons. The zero-order chi connectivity index (χ0) is 21.9.